The Morgan fingerprint density at radius 1 is 1.40 bits per heavy atom. The quantitative estimate of drug-likeness (QED) is 0.740. The molecule has 0 heterocycles. The van der Waals surface area contributed by atoms with Crippen LogP contribution in [-0.4, -0.2) is 27.0 Å². The molecule has 1 rings (SSSR count). The average Bonchev–Trinajstić information content (AvgIpc) is 2.35. The molecule has 0 aromatic heterocycles. The summed E-state index contributed by atoms with van der Waals surface area (Å²) in [7, 11) is -2.90. The summed E-state index contributed by atoms with van der Waals surface area (Å²) >= 11 is 9.51. The van der Waals surface area contributed by atoms with Crippen LogP contribution in [0.4, 0.5) is 0 Å². The zero-order valence-corrected chi connectivity index (χ0v) is 15.0. The third kappa shape index (κ3) is 6.57. The lowest BCUT2D eigenvalue weighted by atomic mass is 10.0. The van der Waals surface area contributed by atoms with Crippen LogP contribution >= 0.6 is 27.5 Å². The molecule has 114 valence electrons. The summed E-state index contributed by atoms with van der Waals surface area (Å²) in [4.78, 5) is 0. The summed E-state index contributed by atoms with van der Waals surface area (Å²) in [6.45, 7) is 3.01. The minimum atomic E-state index is -2.90. The number of hydrogen-bond acceptors (Lipinski definition) is 3. The van der Waals surface area contributed by atoms with Gasteiger partial charge in [-0.05, 0) is 59.4 Å². The van der Waals surface area contributed by atoms with Gasteiger partial charge in [-0.1, -0.05) is 24.6 Å². The number of halogens is 2. The van der Waals surface area contributed by atoms with Crippen LogP contribution in [0.15, 0.2) is 22.7 Å². The average molecular weight is 383 g/mol. The lowest BCUT2D eigenvalue weighted by Gasteiger charge is -2.19. The molecule has 0 amide bonds. The molecular weight excluding hydrogens is 362 g/mol. The zero-order valence-electron chi connectivity index (χ0n) is 11.8. The molecule has 1 N–H and O–H groups in total. The van der Waals surface area contributed by atoms with E-state index >= 15 is 0 Å². The van der Waals surface area contributed by atoms with Gasteiger partial charge >= 0.3 is 0 Å². The lowest BCUT2D eigenvalue weighted by molar-refractivity contribution is 0.492. The summed E-state index contributed by atoms with van der Waals surface area (Å²) in [5, 5.41) is 4.12. The molecule has 0 bridgehead atoms. The molecule has 3 nitrogen and oxygen atoms in total. The number of sulfone groups is 1. The molecule has 0 saturated carbocycles. The highest BCUT2D eigenvalue weighted by Gasteiger charge is 2.13. The minimum absolute atomic E-state index is 0.141. The van der Waals surface area contributed by atoms with Gasteiger partial charge in [0.05, 0.1) is 5.02 Å². The fourth-order valence-corrected chi connectivity index (χ4v) is 3.11. The Kier molecular flexibility index (Phi) is 7.51. The van der Waals surface area contributed by atoms with Crippen LogP contribution in [0.5, 0.6) is 0 Å². The molecule has 0 aliphatic rings. The third-order valence-corrected chi connectivity index (χ3v) is 5.26. The van der Waals surface area contributed by atoms with Gasteiger partial charge in [-0.25, -0.2) is 8.42 Å². The van der Waals surface area contributed by atoms with Crippen LogP contribution < -0.4 is 5.32 Å². The van der Waals surface area contributed by atoms with E-state index in [-0.39, 0.29) is 11.8 Å². The van der Waals surface area contributed by atoms with Gasteiger partial charge in [-0.3, -0.25) is 0 Å². The number of hydrogen-bond donors (Lipinski definition) is 1. The highest BCUT2D eigenvalue weighted by Crippen LogP contribution is 2.28. The minimum Gasteiger partial charge on any atom is -0.310 e. The van der Waals surface area contributed by atoms with E-state index in [0.717, 1.165) is 29.4 Å². The Labute approximate surface area is 135 Å². The Hall–Kier alpha value is -0.100. The van der Waals surface area contributed by atoms with Crippen LogP contribution in [0.1, 0.15) is 37.8 Å². The summed E-state index contributed by atoms with van der Waals surface area (Å²) in [5.41, 5.74) is 1.10. The van der Waals surface area contributed by atoms with Crippen molar-refractivity contribution in [2.24, 2.45) is 0 Å². The number of rotatable bonds is 8. The zero-order chi connectivity index (χ0) is 15.2. The van der Waals surface area contributed by atoms with Crippen LogP contribution in [0.3, 0.4) is 0 Å². The van der Waals surface area contributed by atoms with Crippen LogP contribution in [-0.2, 0) is 9.84 Å². The maximum Gasteiger partial charge on any atom is 0.147 e. The van der Waals surface area contributed by atoms with Crippen molar-refractivity contribution in [3.05, 3.63) is 33.3 Å². The van der Waals surface area contributed by atoms with E-state index in [2.05, 4.69) is 28.2 Å². The molecule has 1 unspecified atom stereocenters. The molecule has 0 spiro atoms. The maximum atomic E-state index is 11.2. The van der Waals surface area contributed by atoms with Gasteiger partial charge in [-0.2, -0.15) is 0 Å². The first-order valence-corrected chi connectivity index (χ1v) is 9.92. The fraction of sp³-hybridized carbons (Fsp3) is 0.571. The van der Waals surface area contributed by atoms with Crippen molar-refractivity contribution < 1.29 is 8.42 Å². The van der Waals surface area contributed by atoms with Crippen molar-refractivity contribution in [2.45, 2.75) is 32.2 Å². The van der Waals surface area contributed by atoms with Crippen molar-refractivity contribution in [3.63, 3.8) is 0 Å². The lowest BCUT2D eigenvalue weighted by Crippen LogP contribution is -2.23. The third-order valence-electron chi connectivity index (χ3n) is 2.99. The highest BCUT2D eigenvalue weighted by atomic mass is 79.9. The van der Waals surface area contributed by atoms with E-state index in [1.807, 2.05) is 18.2 Å². The Balaban J connectivity index is 2.74. The summed E-state index contributed by atoms with van der Waals surface area (Å²) in [6, 6.07) is 6.01. The summed E-state index contributed by atoms with van der Waals surface area (Å²) in [5.74, 6) is 0.224. The van der Waals surface area contributed by atoms with E-state index < -0.39 is 9.84 Å². The molecule has 0 aliphatic carbocycles. The second-order valence-electron chi connectivity index (χ2n) is 4.95. The fourth-order valence-electron chi connectivity index (χ4n) is 1.98. The normalized spacial score (nSPS) is 13.4. The SMILES string of the molecule is CCCNC(CCCS(C)(=O)=O)c1ccc(Br)c(Cl)c1. The van der Waals surface area contributed by atoms with Gasteiger partial charge in [0, 0.05) is 22.5 Å². The molecule has 1 aromatic carbocycles. The van der Waals surface area contributed by atoms with Gasteiger partial charge in [-0.15, -0.1) is 0 Å². The predicted molar refractivity (Wildman–Crippen MR) is 89.1 cm³/mol. The predicted octanol–water partition coefficient (Wildman–Crippen LogP) is 3.97. The van der Waals surface area contributed by atoms with Crippen molar-refractivity contribution >= 4 is 37.4 Å². The van der Waals surface area contributed by atoms with Crippen molar-refractivity contribution in [3.8, 4) is 0 Å². The van der Waals surface area contributed by atoms with E-state index in [4.69, 9.17) is 11.6 Å². The Bertz CT molecular complexity index is 534. The monoisotopic (exact) mass is 381 g/mol. The Morgan fingerprint density at radius 2 is 2.10 bits per heavy atom. The molecular formula is C14H21BrClNO2S. The topological polar surface area (TPSA) is 46.2 Å². The van der Waals surface area contributed by atoms with E-state index in [0.29, 0.717) is 11.4 Å². The molecule has 0 aliphatic heterocycles. The number of benzene rings is 1. The summed E-state index contributed by atoms with van der Waals surface area (Å²) < 4.78 is 23.3. The number of nitrogens with one attached hydrogen (secondary N) is 1. The van der Waals surface area contributed by atoms with Gasteiger partial charge < -0.3 is 5.32 Å². The van der Waals surface area contributed by atoms with Crippen molar-refractivity contribution in [1.82, 2.24) is 5.32 Å². The molecule has 1 atom stereocenters. The molecule has 1 aromatic rings. The molecule has 0 fully saturated rings. The van der Waals surface area contributed by atoms with Gasteiger partial charge in [0.25, 0.3) is 0 Å². The summed E-state index contributed by atoms with van der Waals surface area (Å²) in [6.07, 6.45) is 3.74. The van der Waals surface area contributed by atoms with E-state index in [1.54, 1.807) is 0 Å². The van der Waals surface area contributed by atoms with Crippen LogP contribution in [0.2, 0.25) is 5.02 Å². The molecule has 6 heteroatoms. The molecule has 0 radical (unpaired) electrons. The van der Waals surface area contributed by atoms with Gasteiger partial charge in [0.15, 0.2) is 0 Å². The largest absolute Gasteiger partial charge is 0.310 e. The first kappa shape index (κ1) is 18.0. The Morgan fingerprint density at radius 3 is 2.65 bits per heavy atom. The molecule has 0 saturated heterocycles. The van der Waals surface area contributed by atoms with Crippen LogP contribution in [0.25, 0.3) is 0 Å². The second kappa shape index (κ2) is 8.37. The van der Waals surface area contributed by atoms with Gasteiger partial charge in [0.1, 0.15) is 9.84 Å². The van der Waals surface area contributed by atoms with E-state index in [1.165, 1.54) is 6.26 Å². The highest BCUT2D eigenvalue weighted by molar-refractivity contribution is 9.10. The first-order valence-electron chi connectivity index (χ1n) is 6.69. The standard InChI is InChI=1S/C14H21BrClNO2S/c1-3-8-17-14(5-4-9-20(2,18)19)11-6-7-12(15)13(16)10-11/h6-7,10,14,17H,3-5,8-9H2,1-2H3. The smallest absolute Gasteiger partial charge is 0.147 e. The van der Waals surface area contributed by atoms with Crippen molar-refractivity contribution in [2.75, 3.05) is 18.6 Å². The second-order valence-corrected chi connectivity index (χ2v) is 8.47. The van der Waals surface area contributed by atoms with Crippen molar-refractivity contribution in [1.29, 1.82) is 0 Å². The van der Waals surface area contributed by atoms with Crippen LogP contribution in [0, 0.1) is 0 Å². The first-order chi connectivity index (χ1) is 9.33. The van der Waals surface area contributed by atoms with E-state index in [9.17, 15) is 8.42 Å². The van der Waals surface area contributed by atoms with Gasteiger partial charge in [0.2, 0.25) is 0 Å². The maximum absolute atomic E-state index is 11.2. The molecule has 20 heavy (non-hydrogen) atoms.